The summed E-state index contributed by atoms with van der Waals surface area (Å²) in [6.07, 6.45) is 2.37. The molecule has 1 aromatic heterocycles. The number of rotatable bonds is 3. The summed E-state index contributed by atoms with van der Waals surface area (Å²) in [7, 11) is 0. The molecule has 84 valence electrons. The molecule has 2 N–H and O–H groups in total. The Morgan fingerprint density at radius 3 is 1.94 bits per heavy atom. The molecule has 0 saturated carbocycles. The molecule has 0 fully saturated rings. The smallest absolute Gasteiger partial charge is 0.373 e. The topological polar surface area (TPSA) is 100 Å². The van der Waals surface area contributed by atoms with E-state index in [4.69, 9.17) is 5.11 Å². The third-order valence-electron chi connectivity index (χ3n) is 1.85. The second kappa shape index (κ2) is 4.52. The number of Topliss-reactive ketones (excluding diaryl/α,β-unsaturated/α-hetero) is 1. The van der Waals surface area contributed by atoms with Crippen LogP contribution in [-0.4, -0.2) is 31.9 Å². The van der Waals surface area contributed by atoms with E-state index < -0.39 is 5.97 Å². The fourth-order valence-electron chi connectivity index (χ4n) is 1.23. The monoisotopic (exact) mass is 222 g/mol. The average Bonchev–Trinajstić information content (AvgIpc) is 2.17. The number of nitrogens with zero attached hydrogens (tertiary/aromatic N) is 2. The molecule has 0 radical (unpaired) electrons. The maximum Gasteiger partial charge on any atom is 0.373 e. The SMILES string of the molecule is CC(=O)C(=C(C)O)c1cnc(C(=O)O)nc1. The first-order valence-corrected chi connectivity index (χ1v) is 4.40. The first-order chi connectivity index (χ1) is 7.43. The highest BCUT2D eigenvalue weighted by Gasteiger charge is 2.13. The lowest BCUT2D eigenvalue weighted by molar-refractivity contribution is -0.111. The lowest BCUT2D eigenvalue weighted by atomic mass is 10.1. The van der Waals surface area contributed by atoms with Crippen molar-refractivity contribution in [3.63, 3.8) is 0 Å². The predicted molar refractivity (Wildman–Crippen MR) is 54.9 cm³/mol. The van der Waals surface area contributed by atoms with Gasteiger partial charge in [0.25, 0.3) is 0 Å². The Balaban J connectivity index is 3.20. The number of carbonyl (C=O) groups is 2. The summed E-state index contributed by atoms with van der Waals surface area (Å²) in [6.45, 7) is 2.65. The van der Waals surface area contributed by atoms with Crippen LogP contribution in [0.5, 0.6) is 0 Å². The number of aromatic carboxylic acids is 1. The minimum Gasteiger partial charge on any atom is -0.512 e. The molecule has 1 rings (SSSR count). The molecule has 0 aromatic carbocycles. The fraction of sp³-hybridized carbons (Fsp3) is 0.200. The Morgan fingerprint density at radius 2 is 1.62 bits per heavy atom. The predicted octanol–water partition coefficient (Wildman–Crippen LogP) is 1.05. The number of allylic oxidation sites excluding steroid dienone is 2. The number of ketones is 1. The lowest BCUT2D eigenvalue weighted by Gasteiger charge is -2.04. The molecule has 1 heterocycles. The molecule has 0 aliphatic carbocycles. The maximum absolute atomic E-state index is 11.2. The van der Waals surface area contributed by atoms with Crippen molar-refractivity contribution in [3.8, 4) is 0 Å². The molecular weight excluding hydrogens is 212 g/mol. The van der Waals surface area contributed by atoms with Gasteiger partial charge in [0.15, 0.2) is 5.78 Å². The summed E-state index contributed by atoms with van der Waals surface area (Å²) >= 11 is 0. The standard InChI is InChI=1S/C10H10N2O4/c1-5(13)8(6(2)14)7-3-11-9(10(15)16)12-4-7/h3-4,13H,1-2H3,(H,15,16). The van der Waals surface area contributed by atoms with Gasteiger partial charge in [-0.05, 0) is 13.8 Å². The van der Waals surface area contributed by atoms with E-state index in [0.29, 0.717) is 0 Å². The van der Waals surface area contributed by atoms with Crippen LogP contribution >= 0.6 is 0 Å². The van der Waals surface area contributed by atoms with Crippen LogP contribution in [0.2, 0.25) is 0 Å². The summed E-state index contributed by atoms with van der Waals surface area (Å²) in [4.78, 5) is 28.8. The van der Waals surface area contributed by atoms with Gasteiger partial charge in [-0.2, -0.15) is 0 Å². The van der Waals surface area contributed by atoms with Crippen LogP contribution in [0, 0.1) is 0 Å². The largest absolute Gasteiger partial charge is 0.512 e. The average molecular weight is 222 g/mol. The zero-order valence-corrected chi connectivity index (χ0v) is 8.76. The van der Waals surface area contributed by atoms with Crippen LogP contribution in [0.1, 0.15) is 30.0 Å². The summed E-state index contributed by atoms with van der Waals surface area (Å²) in [5.74, 6) is -2.10. The van der Waals surface area contributed by atoms with Crippen LogP contribution in [-0.2, 0) is 4.79 Å². The summed E-state index contributed by atoms with van der Waals surface area (Å²) in [5, 5.41) is 17.9. The molecule has 0 aliphatic heterocycles. The first kappa shape index (κ1) is 11.8. The van der Waals surface area contributed by atoms with Crippen LogP contribution in [0.4, 0.5) is 0 Å². The van der Waals surface area contributed by atoms with Crippen molar-refractivity contribution in [2.24, 2.45) is 0 Å². The number of carbonyl (C=O) groups excluding carboxylic acids is 1. The lowest BCUT2D eigenvalue weighted by Crippen LogP contribution is -2.06. The number of aliphatic hydroxyl groups is 1. The number of carboxylic acids is 1. The quantitative estimate of drug-likeness (QED) is 0.585. The Hall–Kier alpha value is -2.24. The molecular formula is C10H10N2O4. The molecule has 0 aliphatic rings. The number of hydrogen-bond acceptors (Lipinski definition) is 5. The van der Waals surface area contributed by atoms with E-state index in [1.54, 1.807) is 0 Å². The first-order valence-electron chi connectivity index (χ1n) is 4.40. The van der Waals surface area contributed by atoms with Gasteiger partial charge in [-0.3, -0.25) is 4.79 Å². The van der Waals surface area contributed by atoms with Crippen LogP contribution in [0.25, 0.3) is 5.57 Å². The Kier molecular flexibility index (Phi) is 3.34. The second-order valence-corrected chi connectivity index (χ2v) is 3.12. The summed E-state index contributed by atoms with van der Waals surface area (Å²) in [6, 6.07) is 0. The van der Waals surface area contributed by atoms with Crippen molar-refractivity contribution in [1.29, 1.82) is 0 Å². The Labute approximate surface area is 91.3 Å². The van der Waals surface area contributed by atoms with E-state index in [1.807, 2.05) is 0 Å². The van der Waals surface area contributed by atoms with Gasteiger partial charge in [0.05, 0.1) is 5.57 Å². The van der Waals surface area contributed by atoms with Crippen molar-refractivity contribution in [2.75, 3.05) is 0 Å². The molecule has 0 saturated heterocycles. The number of aliphatic hydroxyl groups excluding tert-OH is 1. The number of hydrogen-bond donors (Lipinski definition) is 2. The van der Waals surface area contributed by atoms with Gasteiger partial charge >= 0.3 is 5.97 Å². The van der Waals surface area contributed by atoms with Crippen molar-refractivity contribution in [1.82, 2.24) is 9.97 Å². The third-order valence-corrected chi connectivity index (χ3v) is 1.85. The molecule has 0 bridgehead atoms. The molecule has 6 heteroatoms. The minimum absolute atomic E-state index is 0.0805. The minimum atomic E-state index is -1.25. The van der Waals surface area contributed by atoms with Crippen molar-refractivity contribution in [3.05, 3.63) is 29.5 Å². The molecule has 16 heavy (non-hydrogen) atoms. The molecule has 0 atom stereocenters. The van der Waals surface area contributed by atoms with E-state index in [2.05, 4.69) is 9.97 Å². The second-order valence-electron chi connectivity index (χ2n) is 3.12. The number of carboxylic acid groups (broad SMARTS) is 1. The summed E-state index contributed by atoms with van der Waals surface area (Å²) in [5.41, 5.74) is 0.370. The zero-order valence-electron chi connectivity index (χ0n) is 8.76. The number of aromatic nitrogens is 2. The zero-order chi connectivity index (χ0) is 12.3. The third kappa shape index (κ3) is 2.41. The van der Waals surface area contributed by atoms with E-state index in [0.717, 1.165) is 0 Å². The van der Waals surface area contributed by atoms with E-state index in [9.17, 15) is 14.7 Å². The van der Waals surface area contributed by atoms with E-state index in [-0.39, 0.29) is 28.5 Å². The van der Waals surface area contributed by atoms with Crippen LogP contribution in [0.3, 0.4) is 0 Å². The van der Waals surface area contributed by atoms with E-state index in [1.165, 1.54) is 26.2 Å². The summed E-state index contributed by atoms with van der Waals surface area (Å²) < 4.78 is 0. The van der Waals surface area contributed by atoms with Gasteiger partial charge in [-0.25, -0.2) is 14.8 Å². The van der Waals surface area contributed by atoms with Crippen LogP contribution in [0.15, 0.2) is 18.2 Å². The highest BCUT2D eigenvalue weighted by Crippen LogP contribution is 2.16. The molecule has 0 unspecified atom stereocenters. The van der Waals surface area contributed by atoms with E-state index >= 15 is 0 Å². The Bertz CT molecular complexity index is 458. The normalized spacial score (nSPS) is 11.9. The van der Waals surface area contributed by atoms with Crippen molar-refractivity contribution >= 4 is 17.3 Å². The van der Waals surface area contributed by atoms with Gasteiger partial charge < -0.3 is 10.2 Å². The molecule has 6 nitrogen and oxygen atoms in total. The van der Waals surface area contributed by atoms with Gasteiger partial charge in [0, 0.05) is 18.0 Å². The van der Waals surface area contributed by atoms with Crippen molar-refractivity contribution < 1.29 is 19.8 Å². The Morgan fingerprint density at radius 1 is 1.12 bits per heavy atom. The maximum atomic E-state index is 11.2. The van der Waals surface area contributed by atoms with Crippen LogP contribution < -0.4 is 0 Å². The van der Waals surface area contributed by atoms with Gasteiger partial charge in [-0.15, -0.1) is 0 Å². The molecule has 0 spiro atoms. The fourth-order valence-corrected chi connectivity index (χ4v) is 1.23. The van der Waals surface area contributed by atoms with Gasteiger partial charge in [0.1, 0.15) is 5.76 Å². The van der Waals surface area contributed by atoms with Gasteiger partial charge in [0.2, 0.25) is 5.82 Å². The highest BCUT2D eigenvalue weighted by molar-refractivity contribution is 6.19. The highest BCUT2D eigenvalue weighted by atomic mass is 16.4. The van der Waals surface area contributed by atoms with Crippen molar-refractivity contribution in [2.45, 2.75) is 13.8 Å². The molecule has 1 aromatic rings. The van der Waals surface area contributed by atoms with Gasteiger partial charge in [-0.1, -0.05) is 0 Å². The molecule has 0 amide bonds.